The van der Waals surface area contributed by atoms with Crippen molar-refractivity contribution in [2.75, 3.05) is 26.4 Å². The fourth-order valence-electron chi connectivity index (χ4n) is 15.0. The predicted molar refractivity (Wildman–Crippen MR) is 250 cm³/mol. The predicted octanol–water partition coefficient (Wildman–Crippen LogP) is -3.01. The summed E-state index contributed by atoms with van der Waals surface area (Å²) in [6.07, 6.45) is -22.5. The van der Waals surface area contributed by atoms with Gasteiger partial charge < -0.3 is 114 Å². The number of fused-ring (bicyclic) bond motifs is 7. The molecule has 9 aliphatic rings. The van der Waals surface area contributed by atoms with Gasteiger partial charge in [-0.05, 0) is 98.7 Å². The van der Waals surface area contributed by atoms with E-state index in [0.29, 0.717) is 43.4 Å². The third kappa shape index (κ3) is 10.2. The normalized spacial score (nSPS) is 54.9. The highest BCUT2D eigenvalue weighted by Crippen LogP contribution is 2.70. The molecule has 31 atom stereocenters. The van der Waals surface area contributed by atoms with E-state index < -0.39 is 155 Å². The Labute approximate surface area is 430 Å². The van der Waals surface area contributed by atoms with Crippen LogP contribution in [0.4, 0.5) is 0 Å². The lowest BCUT2D eigenvalue weighted by Gasteiger charge is -2.58. The first-order valence-electron chi connectivity index (χ1n) is 26.9. The Morgan fingerprint density at radius 1 is 0.635 bits per heavy atom. The van der Waals surface area contributed by atoms with Crippen LogP contribution in [0.1, 0.15) is 92.4 Å². The summed E-state index contributed by atoms with van der Waals surface area (Å²) < 4.78 is 54.7. The van der Waals surface area contributed by atoms with Crippen LogP contribution in [-0.4, -0.2) is 239 Å². The van der Waals surface area contributed by atoms with Gasteiger partial charge in [0, 0.05) is 12.3 Å². The van der Waals surface area contributed by atoms with Gasteiger partial charge in [0.1, 0.15) is 91.6 Å². The molecule has 5 saturated heterocycles. The Balaban J connectivity index is 0.864. The van der Waals surface area contributed by atoms with Crippen molar-refractivity contribution in [1.82, 2.24) is 0 Å². The molecule has 9 rings (SSSR count). The SMILES string of the molecule is CC1OC(OC2C(O[C@H]3CC[C@@]4(C)C(=CC[C@H]5[C@@H]6C[C@@H]7O[C@](O)(CC[C@@H](C)COC8OC(CO)C(O)C(O)C8O)[C@@H](C)[C@@H]7[C@@]6(C)CC[C@@H]54)C3)OC(CO)C(O)C2OC2OC(CO)C(O)C(O)C2O)C(O)C(O)C1O. The lowest BCUT2D eigenvalue weighted by molar-refractivity contribution is -0.394. The minimum Gasteiger partial charge on any atom is -0.394 e. The molecule has 0 aromatic rings. The molecular weight excluding hydrogens is 981 g/mol. The summed E-state index contributed by atoms with van der Waals surface area (Å²) in [6, 6.07) is 0. The standard InChI is InChI=1S/C51H84O23/c1-20(19-66-45-40(62)38(60)34(56)29(16-52)69-45)8-13-51(65)21(2)32-28(74-51)15-27-25-7-6-23-14-24(9-11-49(23,4)26(25)10-12-50(27,32)5)68-48-44(73-46-41(63)37(59)33(55)22(3)67-46)43(36(58)31(18-54)71-48)72-47-42(64)39(61)35(57)30(17-53)70-47/h6,20-22,24-48,52-65H,7-19H2,1-5H3/t20-,21+,22?,24+,25-,26+,27+,28+,29?,30?,31?,32+,33?,34?,35?,36?,37?,38?,39?,40?,41?,42?,43?,44?,45?,46?,47?,48?,49+,50+,51-/m1/s1. The van der Waals surface area contributed by atoms with Crippen molar-refractivity contribution < 1.29 is 114 Å². The number of hydrogen-bond acceptors (Lipinski definition) is 23. The van der Waals surface area contributed by atoms with Crippen molar-refractivity contribution in [3.05, 3.63) is 11.6 Å². The molecule has 0 aromatic heterocycles. The van der Waals surface area contributed by atoms with Crippen LogP contribution >= 0.6 is 0 Å². The van der Waals surface area contributed by atoms with Gasteiger partial charge in [-0.3, -0.25) is 0 Å². The van der Waals surface area contributed by atoms with E-state index in [0.717, 1.165) is 32.1 Å². The molecule has 14 N–H and O–H groups in total. The average Bonchev–Trinajstić information content (AvgIpc) is 3.82. The molecule has 3 saturated carbocycles. The van der Waals surface area contributed by atoms with E-state index in [-0.39, 0.29) is 41.3 Å². The van der Waals surface area contributed by atoms with Crippen LogP contribution in [0, 0.1) is 46.3 Å². The lowest BCUT2D eigenvalue weighted by atomic mass is 9.47. The van der Waals surface area contributed by atoms with Crippen LogP contribution in [0.2, 0.25) is 0 Å². The molecule has 5 heterocycles. The molecule has 74 heavy (non-hydrogen) atoms. The second kappa shape index (κ2) is 22.4. The molecule has 426 valence electrons. The van der Waals surface area contributed by atoms with Crippen LogP contribution in [0.3, 0.4) is 0 Å². The maximum Gasteiger partial charge on any atom is 0.187 e. The number of rotatable bonds is 15. The molecule has 0 bridgehead atoms. The van der Waals surface area contributed by atoms with E-state index in [1.165, 1.54) is 12.5 Å². The summed E-state index contributed by atoms with van der Waals surface area (Å²) in [7, 11) is 0. The number of ether oxygens (including phenoxy) is 9. The smallest absolute Gasteiger partial charge is 0.187 e. The first kappa shape index (κ1) is 57.5. The molecular formula is C51H84O23. The van der Waals surface area contributed by atoms with Crippen LogP contribution < -0.4 is 0 Å². The van der Waals surface area contributed by atoms with Crippen LogP contribution in [0.5, 0.6) is 0 Å². The van der Waals surface area contributed by atoms with E-state index in [4.69, 9.17) is 42.6 Å². The number of aliphatic hydroxyl groups excluding tert-OH is 13. The van der Waals surface area contributed by atoms with E-state index in [9.17, 15) is 71.5 Å². The molecule has 8 fully saturated rings. The van der Waals surface area contributed by atoms with Gasteiger partial charge in [-0.1, -0.05) is 39.3 Å². The van der Waals surface area contributed by atoms with Crippen molar-refractivity contribution in [2.24, 2.45) is 46.3 Å². The third-order valence-corrected chi connectivity index (χ3v) is 19.5. The maximum atomic E-state index is 12.1. The number of allylic oxidation sites excluding steroid dienone is 1. The van der Waals surface area contributed by atoms with E-state index >= 15 is 0 Å². The minimum absolute atomic E-state index is 0.0769. The van der Waals surface area contributed by atoms with Gasteiger partial charge in [-0.15, -0.1) is 0 Å². The van der Waals surface area contributed by atoms with Gasteiger partial charge in [0.2, 0.25) is 0 Å². The van der Waals surface area contributed by atoms with Crippen molar-refractivity contribution in [3.63, 3.8) is 0 Å². The minimum atomic E-state index is -1.88. The van der Waals surface area contributed by atoms with E-state index in [1.807, 2.05) is 6.92 Å². The Hall–Kier alpha value is -1.18. The lowest BCUT2D eigenvalue weighted by Crippen LogP contribution is -2.67. The Kier molecular flexibility index (Phi) is 17.4. The molecule has 5 aliphatic heterocycles. The van der Waals surface area contributed by atoms with Gasteiger partial charge in [-0.2, -0.15) is 0 Å². The molecule has 0 aromatic carbocycles. The molecule has 0 radical (unpaired) electrons. The molecule has 23 heteroatoms. The monoisotopic (exact) mass is 1060 g/mol. The Bertz CT molecular complexity index is 1920. The molecule has 4 aliphatic carbocycles. The highest BCUT2D eigenvalue weighted by molar-refractivity contribution is 5.26. The number of hydrogen-bond donors (Lipinski definition) is 14. The van der Waals surface area contributed by atoms with E-state index in [1.54, 1.807) is 0 Å². The second-order valence-electron chi connectivity index (χ2n) is 23.8. The highest BCUT2D eigenvalue weighted by atomic mass is 16.8. The van der Waals surface area contributed by atoms with Gasteiger partial charge in [0.05, 0.1) is 44.7 Å². The topological polar surface area (TPSA) is 366 Å². The molecule has 20 unspecified atom stereocenters. The van der Waals surface area contributed by atoms with Gasteiger partial charge >= 0.3 is 0 Å². The van der Waals surface area contributed by atoms with Gasteiger partial charge in [-0.25, -0.2) is 0 Å². The van der Waals surface area contributed by atoms with Crippen LogP contribution in [-0.2, 0) is 42.6 Å². The summed E-state index contributed by atoms with van der Waals surface area (Å²) in [4.78, 5) is 0. The summed E-state index contributed by atoms with van der Waals surface area (Å²) in [5.74, 6) is -0.351. The van der Waals surface area contributed by atoms with Gasteiger partial charge in [0.15, 0.2) is 30.9 Å². The van der Waals surface area contributed by atoms with Crippen molar-refractivity contribution >= 4 is 0 Å². The third-order valence-electron chi connectivity index (χ3n) is 19.5. The summed E-state index contributed by atoms with van der Waals surface area (Å²) in [5.41, 5.74) is 0.989. The first-order chi connectivity index (χ1) is 35.0. The molecule has 23 nitrogen and oxygen atoms in total. The molecule has 0 spiro atoms. The Morgan fingerprint density at radius 3 is 1.85 bits per heavy atom. The average molecular weight is 1070 g/mol. The highest BCUT2D eigenvalue weighted by Gasteiger charge is 2.68. The summed E-state index contributed by atoms with van der Waals surface area (Å²) in [6.45, 7) is 8.33. The fourth-order valence-corrected chi connectivity index (χ4v) is 15.0. The zero-order valence-corrected chi connectivity index (χ0v) is 42.9. The van der Waals surface area contributed by atoms with E-state index in [2.05, 4.69) is 26.8 Å². The number of aliphatic hydroxyl groups is 14. The Morgan fingerprint density at radius 2 is 1.20 bits per heavy atom. The van der Waals surface area contributed by atoms with Gasteiger partial charge in [0.25, 0.3) is 0 Å². The van der Waals surface area contributed by atoms with Crippen molar-refractivity contribution in [3.8, 4) is 0 Å². The summed E-state index contributed by atoms with van der Waals surface area (Å²) in [5, 5.41) is 149. The molecule has 0 amide bonds. The zero-order valence-electron chi connectivity index (χ0n) is 42.9. The van der Waals surface area contributed by atoms with Crippen molar-refractivity contribution in [1.29, 1.82) is 0 Å². The zero-order chi connectivity index (χ0) is 53.5. The maximum absolute atomic E-state index is 12.1. The van der Waals surface area contributed by atoms with Crippen LogP contribution in [0.25, 0.3) is 0 Å². The second-order valence-corrected chi connectivity index (χ2v) is 23.8. The fraction of sp³-hybridized carbons (Fsp3) is 0.961. The van der Waals surface area contributed by atoms with Crippen LogP contribution in [0.15, 0.2) is 11.6 Å². The first-order valence-corrected chi connectivity index (χ1v) is 26.9. The van der Waals surface area contributed by atoms with Crippen molar-refractivity contribution in [2.45, 2.75) is 233 Å². The summed E-state index contributed by atoms with van der Waals surface area (Å²) >= 11 is 0. The largest absolute Gasteiger partial charge is 0.394 e. The quantitative estimate of drug-likeness (QED) is 0.0727.